The lowest BCUT2D eigenvalue weighted by molar-refractivity contribution is -0.116. The van der Waals surface area contributed by atoms with Crippen LogP contribution in [-0.4, -0.2) is 25.0 Å². The third-order valence-corrected chi connectivity index (χ3v) is 3.01. The number of pyridine rings is 1. The van der Waals surface area contributed by atoms with Gasteiger partial charge in [-0.3, -0.25) is 4.79 Å². The second-order valence-corrected chi connectivity index (χ2v) is 5.02. The first-order valence-corrected chi connectivity index (χ1v) is 6.88. The Bertz CT molecular complexity index is 683. The second-order valence-electron chi connectivity index (χ2n) is 5.02. The van der Waals surface area contributed by atoms with Gasteiger partial charge in [0, 0.05) is 32.9 Å². The van der Waals surface area contributed by atoms with Crippen LogP contribution in [0.5, 0.6) is 0 Å². The van der Waals surface area contributed by atoms with Crippen LogP contribution >= 0.6 is 0 Å². The minimum Gasteiger partial charge on any atom is -0.363 e. The number of aromatic nitrogens is 1. The van der Waals surface area contributed by atoms with Gasteiger partial charge in [-0.25, -0.2) is 9.37 Å². The van der Waals surface area contributed by atoms with Crippen LogP contribution < -0.4 is 10.2 Å². The standard InChI is InChI=1S/C17H18FN3O/c1-21(2)16-11-14(8-9-19-16)12-20-17(22)7-6-13-4-3-5-15(18)10-13/h3-11H,12H2,1-2H3,(H,20,22). The van der Waals surface area contributed by atoms with Crippen LogP contribution in [0.2, 0.25) is 0 Å². The third kappa shape index (κ3) is 4.70. The molecule has 0 bridgehead atoms. The number of hydrogen-bond acceptors (Lipinski definition) is 3. The number of amides is 1. The van der Waals surface area contributed by atoms with Crippen molar-refractivity contribution in [3.05, 3.63) is 65.6 Å². The lowest BCUT2D eigenvalue weighted by Gasteiger charge is -2.12. The summed E-state index contributed by atoms with van der Waals surface area (Å²) >= 11 is 0. The van der Waals surface area contributed by atoms with Gasteiger partial charge in [0.1, 0.15) is 11.6 Å². The van der Waals surface area contributed by atoms with E-state index in [9.17, 15) is 9.18 Å². The quantitative estimate of drug-likeness (QED) is 0.863. The molecule has 0 aliphatic carbocycles. The minimum atomic E-state index is -0.324. The van der Waals surface area contributed by atoms with Crippen molar-refractivity contribution in [1.82, 2.24) is 10.3 Å². The molecule has 1 aromatic heterocycles. The lowest BCUT2D eigenvalue weighted by atomic mass is 10.2. The zero-order chi connectivity index (χ0) is 15.9. The fourth-order valence-corrected chi connectivity index (χ4v) is 1.85. The zero-order valence-electron chi connectivity index (χ0n) is 12.6. The molecule has 1 heterocycles. The van der Waals surface area contributed by atoms with Crippen molar-refractivity contribution in [3.8, 4) is 0 Å². The van der Waals surface area contributed by atoms with Gasteiger partial charge in [-0.2, -0.15) is 0 Å². The molecule has 2 aromatic rings. The van der Waals surface area contributed by atoms with Gasteiger partial charge >= 0.3 is 0 Å². The fourth-order valence-electron chi connectivity index (χ4n) is 1.85. The van der Waals surface area contributed by atoms with E-state index in [0.717, 1.165) is 11.4 Å². The van der Waals surface area contributed by atoms with E-state index < -0.39 is 0 Å². The molecule has 0 aliphatic heterocycles. The Morgan fingerprint density at radius 3 is 2.86 bits per heavy atom. The van der Waals surface area contributed by atoms with Crippen molar-refractivity contribution in [3.63, 3.8) is 0 Å². The van der Waals surface area contributed by atoms with Crippen molar-refractivity contribution in [1.29, 1.82) is 0 Å². The highest BCUT2D eigenvalue weighted by molar-refractivity contribution is 5.91. The summed E-state index contributed by atoms with van der Waals surface area (Å²) in [5.74, 6) is 0.282. The third-order valence-electron chi connectivity index (χ3n) is 3.01. The Hall–Kier alpha value is -2.69. The molecule has 0 saturated heterocycles. The molecule has 0 spiro atoms. The molecule has 1 amide bonds. The first kappa shape index (κ1) is 15.7. The fraction of sp³-hybridized carbons (Fsp3) is 0.176. The van der Waals surface area contributed by atoms with Crippen molar-refractivity contribution in [2.24, 2.45) is 0 Å². The first-order chi connectivity index (χ1) is 10.5. The van der Waals surface area contributed by atoms with E-state index in [2.05, 4.69) is 10.3 Å². The predicted octanol–water partition coefficient (Wildman–Crippen LogP) is 2.62. The van der Waals surface area contributed by atoms with Gasteiger partial charge in [0.2, 0.25) is 5.91 Å². The molecule has 0 unspecified atom stereocenters. The highest BCUT2D eigenvalue weighted by atomic mass is 19.1. The second kappa shape index (κ2) is 7.36. The minimum absolute atomic E-state index is 0.229. The zero-order valence-corrected chi connectivity index (χ0v) is 12.6. The van der Waals surface area contributed by atoms with Crippen LogP contribution in [0.25, 0.3) is 6.08 Å². The van der Waals surface area contributed by atoms with Crippen LogP contribution in [0.15, 0.2) is 48.7 Å². The molecule has 0 aliphatic rings. The highest BCUT2D eigenvalue weighted by Gasteiger charge is 2.01. The average Bonchev–Trinajstić information content (AvgIpc) is 2.51. The highest BCUT2D eigenvalue weighted by Crippen LogP contribution is 2.09. The molecule has 4 nitrogen and oxygen atoms in total. The van der Waals surface area contributed by atoms with Gasteiger partial charge in [-0.15, -0.1) is 0 Å². The lowest BCUT2D eigenvalue weighted by Crippen LogP contribution is -2.20. The maximum atomic E-state index is 13.0. The summed E-state index contributed by atoms with van der Waals surface area (Å²) in [5.41, 5.74) is 1.61. The molecule has 0 saturated carbocycles. The van der Waals surface area contributed by atoms with Crippen LogP contribution in [0.1, 0.15) is 11.1 Å². The normalized spacial score (nSPS) is 10.7. The molecular weight excluding hydrogens is 281 g/mol. The van der Waals surface area contributed by atoms with Crippen molar-refractivity contribution >= 4 is 17.8 Å². The van der Waals surface area contributed by atoms with Crippen LogP contribution in [0.3, 0.4) is 0 Å². The maximum absolute atomic E-state index is 13.0. The van der Waals surface area contributed by atoms with Gasteiger partial charge in [-0.1, -0.05) is 12.1 Å². The Morgan fingerprint density at radius 2 is 2.14 bits per heavy atom. The molecule has 5 heteroatoms. The Kier molecular flexibility index (Phi) is 5.25. The Labute approximate surface area is 129 Å². The number of hydrogen-bond donors (Lipinski definition) is 1. The Balaban J connectivity index is 1.91. The van der Waals surface area contributed by atoms with Gasteiger partial charge in [0.25, 0.3) is 0 Å². The van der Waals surface area contributed by atoms with E-state index in [4.69, 9.17) is 0 Å². The summed E-state index contributed by atoms with van der Waals surface area (Å²) in [6, 6.07) is 9.84. The average molecular weight is 299 g/mol. The SMILES string of the molecule is CN(C)c1cc(CNC(=O)C=Cc2cccc(F)c2)ccn1. The topological polar surface area (TPSA) is 45.2 Å². The molecule has 2 rings (SSSR count). The smallest absolute Gasteiger partial charge is 0.244 e. The number of anilines is 1. The molecule has 0 radical (unpaired) electrons. The van der Waals surface area contributed by atoms with Gasteiger partial charge < -0.3 is 10.2 Å². The number of carbonyl (C=O) groups is 1. The summed E-state index contributed by atoms with van der Waals surface area (Å²) in [7, 11) is 3.82. The number of nitrogens with one attached hydrogen (secondary N) is 1. The van der Waals surface area contributed by atoms with Gasteiger partial charge in [-0.05, 0) is 41.5 Å². The molecule has 22 heavy (non-hydrogen) atoms. The van der Waals surface area contributed by atoms with Gasteiger partial charge in [0.05, 0.1) is 0 Å². The summed E-state index contributed by atoms with van der Waals surface area (Å²) in [6.07, 6.45) is 4.68. The summed E-state index contributed by atoms with van der Waals surface area (Å²) in [5, 5.41) is 2.78. The van der Waals surface area contributed by atoms with Crippen LogP contribution in [0.4, 0.5) is 10.2 Å². The summed E-state index contributed by atoms with van der Waals surface area (Å²) in [4.78, 5) is 17.9. The molecular formula is C17H18FN3O. The van der Waals surface area contributed by atoms with Crippen molar-refractivity contribution in [2.75, 3.05) is 19.0 Å². The van der Waals surface area contributed by atoms with E-state index in [1.165, 1.54) is 18.2 Å². The van der Waals surface area contributed by atoms with E-state index in [-0.39, 0.29) is 11.7 Å². The monoisotopic (exact) mass is 299 g/mol. The molecule has 114 valence electrons. The first-order valence-electron chi connectivity index (χ1n) is 6.88. The predicted molar refractivity (Wildman–Crippen MR) is 85.8 cm³/mol. The maximum Gasteiger partial charge on any atom is 0.244 e. The van der Waals surface area contributed by atoms with Crippen LogP contribution in [-0.2, 0) is 11.3 Å². The largest absolute Gasteiger partial charge is 0.363 e. The number of carbonyl (C=O) groups excluding carboxylic acids is 1. The number of nitrogens with zero attached hydrogens (tertiary/aromatic N) is 2. The van der Waals surface area contributed by atoms with E-state index >= 15 is 0 Å². The van der Waals surface area contributed by atoms with Crippen molar-refractivity contribution < 1.29 is 9.18 Å². The number of rotatable bonds is 5. The number of benzene rings is 1. The summed E-state index contributed by atoms with van der Waals surface area (Å²) < 4.78 is 13.0. The van der Waals surface area contributed by atoms with E-state index in [0.29, 0.717) is 12.1 Å². The van der Waals surface area contributed by atoms with E-state index in [1.54, 1.807) is 24.4 Å². The van der Waals surface area contributed by atoms with Crippen LogP contribution in [0, 0.1) is 5.82 Å². The van der Waals surface area contributed by atoms with Gasteiger partial charge in [0.15, 0.2) is 0 Å². The van der Waals surface area contributed by atoms with Crippen molar-refractivity contribution in [2.45, 2.75) is 6.54 Å². The molecule has 0 fully saturated rings. The van der Waals surface area contributed by atoms with E-state index in [1.807, 2.05) is 31.1 Å². The molecule has 1 N–H and O–H groups in total. The molecule has 0 atom stereocenters. The number of halogens is 1. The Morgan fingerprint density at radius 1 is 1.32 bits per heavy atom. The summed E-state index contributed by atoms with van der Waals surface area (Å²) in [6.45, 7) is 0.412. The molecule has 1 aromatic carbocycles.